The van der Waals surface area contributed by atoms with Gasteiger partial charge in [0.05, 0.1) is 6.61 Å². The fourth-order valence-corrected chi connectivity index (χ4v) is 3.44. The number of fused-ring (bicyclic) bond motifs is 1. The van der Waals surface area contributed by atoms with Crippen molar-refractivity contribution in [3.8, 4) is 0 Å². The fourth-order valence-electron chi connectivity index (χ4n) is 3.44. The molecule has 0 saturated carbocycles. The van der Waals surface area contributed by atoms with E-state index in [1.165, 1.54) is 6.33 Å². The van der Waals surface area contributed by atoms with E-state index in [0.717, 1.165) is 34.2 Å². The van der Waals surface area contributed by atoms with Gasteiger partial charge in [0.2, 0.25) is 11.6 Å². The second-order valence-corrected chi connectivity index (χ2v) is 6.82. The number of carbonyl (C=O) groups excluding carboxylic acids is 2. The van der Waals surface area contributed by atoms with Gasteiger partial charge in [-0.05, 0) is 37.8 Å². The maximum absolute atomic E-state index is 13.0. The first kappa shape index (κ1) is 21.3. The first-order valence-electron chi connectivity index (χ1n) is 9.97. The van der Waals surface area contributed by atoms with Crippen molar-refractivity contribution < 1.29 is 18.7 Å². The highest BCUT2D eigenvalue weighted by atomic mass is 16.5. The van der Waals surface area contributed by atoms with Crippen LogP contribution < -0.4 is 10.9 Å². The molecule has 1 aromatic carbocycles. The summed E-state index contributed by atoms with van der Waals surface area (Å²) in [6.45, 7) is 7.21. The summed E-state index contributed by atoms with van der Waals surface area (Å²) in [4.78, 5) is 42.1. The second kappa shape index (κ2) is 8.94. The van der Waals surface area contributed by atoms with E-state index in [0.29, 0.717) is 0 Å². The van der Waals surface area contributed by atoms with Gasteiger partial charge in [0.15, 0.2) is 0 Å². The smallest absolute Gasteiger partial charge is 0.342 e. The van der Waals surface area contributed by atoms with Gasteiger partial charge in [-0.25, -0.2) is 9.78 Å². The van der Waals surface area contributed by atoms with Crippen molar-refractivity contribution >= 4 is 28.7 Å². The molecule has 3 aromatic rings. The molecule has 8 nitrogen and oxygen atoms in total. The van der Waals surface area contributed by atoms with Crippen molar-refractivity contribution in [2.24, 2.45) is 0 Å². The summed E-state index contributed by atoms with van der Waals surface area (Å²) in [6.07, 6.45) is 2.79. The highest BCUT2D eigenvalue weighted by Crippen LogP contribution is 2.23. The van der Waals surface area contributed by atoms with E-state index in [1.807, 2.05) is 32.0 Å². The zero-order chi connectivity index (χ0) is 21.8. The third-order valence-electron chi connectivity index (χ3n) is 4.91. The molecule has 0 aliphatic heterocycles. The van der Waals surface area contributed by atoms with E-state index in [4.69, 9.17) is 9.15 Å². The molecule has 2 aromatic heterocycles. The number of anilines is 1. The van der Waals surface area contributed by atoms with Crippen molar-refractivity contribution in [3.05, 3.63) is 57.3 Å². The molecule has 0 aliphatic rings. The van der Waals surface area contributed by atoms with Crippen molar-refractivity contribution in [3.63, 3.8) is 0 Å². The van der Waals surface area contributed by atoms with Gasteiger partial charge < -0.3 is 14.5 Å². The molecule has 0 atom stereocenters. The van der Waals surface area contributed by atoms with Crippen LogP contribution in [0.5, 0.6) is 0 Å². The highest BCUT2D eigenvalue weighted by Gasteiger charge is 2.24. The number of ether oxygens (including phenoxy) is 1. The Labute approximate surface area is 173 Å². The molecule has 0 aliphatic carbocycles. The number of hydrogen-bond acceptors (Lipinski definition) is 6. The SMILES string of the molecule is CCOC(=O)c1c(C)oc2ncn(CC(=O)Nc3c(CC)cccc3CC)c(=O)c12. The van der Waals surface area contributed by atoms with Crippen molar-refractivity contribution in [2.75, 3.05) is 11.9 Å². The number of nitrogens with zero attached hydrogens (tertiary/aromatic N) is 2. The second-order valence-electron chi connectivity index (χ2n) is 6.82. The lowest BCUT2D eigenvalue weighted by molar-refractivity contribution is -0.116. The first-order chi connectivity index (χ1) is 14.4. The summed E-state index contributed by atoms with van der Waals surface area (Å²) in [5.41, 5.74) is 2.39. The van der Waals surface area contributed by atoms with Crippen LogP contribution in [-0.4, -0.2) is 28.0 Å². The van der Waals surface area contributed by atoms with Gasteiger partial charge in [0.25, 0.3) is 5.56 Å². The number of hydrogen-bond donors (Lipinski definition) is 1. The normalized spacial score (nSPS) is 10.9. The van der Waals surface area contributed by atoms with Crippen LogP contribution in [0, 0.1) is 6.92 Å². The molecule has 1 N–H and O–H groups in total. The number of amides is 1. The Kier molecular flexibility index (Phi) is 6.34. The van der Waals surface area contributed by atoms with Gasteiger partial charge >= 0.3 is 5.97 Å². The summed E-state index contributed by atoms with van der Waals surface area (Å²) in [5, 5.41) is 2.94. The molecule has 0 saturated heterocycles. The van der Waals surface area contributed by atoms with E-state index in [-0.39, 0.29) is 41.5 Å². The van der Waals surface area contributed by atoms with Gasteiger partial charge in [-0.2, -0.15) is 0 Å². The van der Waals surface area contributed by atoms with Crippen LogP contribution in [0.1, 0.15) is 48.0 Å². The van der Waals surface area contributed by atoms with Gasteiger partial charge in [-0.15, -0.1) is 0 Å². The average molecular weight is 411 g/mol. The van der Waals surface area contributed by atoms with Gasteiger partial charge in [-0.1, -0.05) is 32.0 Å². The molecule has 0 radical (unpaired) electrons. The molecule has 30 heavy (non-hydrogen) atoms. The minimum atomic E-state index is -0.653. The Bertz CT molecular complexity index is 1140. The molecule has 0 spiro atoms. The van der Waals surface area contributed by atoms with Crippen LogP contribution in [0.3, 0.4) is 0 Å². The molecule has 2 heterocycles. The molecule has 0 fully saturated rings. The predicted molar refractivity (Wildman–Crippen MR) is 113 cm³/mol. The Morgan fingerprint density at radius 1 is 1.17 bits per heavy atom. The quantitative estimate of drug-likeness (QED) is 0.599. The highest BCUT2D eigenvalue weighted by molar-refractivity contribution is 6.03. The molecular weight excluding hydrogens is 386 g/mol. The number of furan rings is 1. The minimum Gasteiger partial charge on any atom is -0.462 e. The molecular formula is C22H25N3O5. The van der Waals surface area contributed by atoms with Crippen LogP contribution in [0.25, 0.3) is 11.1 Å². The van der Waals surface area contributed by atoms with Crippen LogP contribution >= 0.6 is 0 Å². The molecule has 158 valence electrons. The molecule has 0 unspecified atom stereocenters. The predicted octanol–water partition coefficient (Wildman–Crippen LogP) is 3.24. The van der Waals surface area contributed by atoms with E-state index >= 15 is 0 Å². The van der Waals surface area contributed by atoms with E-state index in [9.17, 15) is 14.4 Å². The van der Waals surface area contributed by atoms with Gasteiger partial charge in [0.1, 0.15) is 29.6 Å². The first-order valence-corrected chi connectivity index (χ1v) is 9.97. The summed E-state index contributed by atoms with van der Waals surface area (Å²) in [7, 11) is 0. The Morgan fingerprint density at radius 3 is 2.43 bits per heavy atom. The van der Waals surface area contributed by atoms with Gasteiger partial charge in [-0.3, -0.25) is 14.2 Å². The van der Waals surface area contributed by atoms with E-state index < -0.39 is 11.5 Å². The lowest BCUT2D eigenvalue weighted by Crippen LogP contribution is -2.29. The summed E-state index contributed by atoms with van der Waals surface area (Å²) >= 11 is 0. The third kappa shape index (κ3) is 3.98. The van der Waals surface area contributed by atoms with Crippen LogP contribution in [0.4, 0.5) is 5.69 Å². The Hall–Kier alpha value is -3.42. The molecule has 1 amide bonds. The molecule has 0 bridgehead atoms. The molecule has 3 rings (SSSR count). The number of benzene rings is 1. The maximum atomic E-state index is 13.0. The third-order valence-corrected chi connectivity index (χ3v) is 4.91. The zero-order valence-corrected chi connectivity index (χ0v) is 17.6. The lowest BCUT2D eigenvalue weighted by Gasteiger charge is -2.14. The Morgan fingerprint density at radius 2 is 1.83 bits per heavy atom. The Balaban J connectivity index is 1.94. The van der Waals surface area contributed by atoms with E-state index in [2.05, 4.69) is 10.3 Å². The number of aromatic nitrogens is 2. The average Bonchev–Trinajstić information content (AvgIpc) is 3.07. The lowest BCUT2D eigenvalue weighted by atomic mass is 10.0. The van der Waals surface area contributed by atoms with Crippen LogP contribution in [0.15, 0.2) is 33.7 Å². The largest absolute Gasteiger partial charge is 0.462 e. The number of rotatable bonds is 7. The maximum Gasteiger partial charge on any atom is 0.342 e. The topological polar surface area (TPSA) is 103 Å². The minimum absolute atomic E-state index is 0.0180. The monoisotopic (exact) mass is 411 g/mol. The van der Waals surface area contributed by atoms with Crippen molar-refractivity contribution in [1.29, 1.82) is 0 Å². The summed E-state index contributed by atoms with van der Waals surface area (Å²) in [5.74, 6) is -0.759. The zero-order valence-electron chi connectivity index (χ0n) is 17.6. The van der Waals surface area contributed by atoms with Crippen molar-refractivity contribution in [2.45, 2.75) is 47.1 Å². The number of aryl methyl sites for hydroxylation is 3. The number of esters is 1. The standard InChI is InChI=1S/C22H25N3O5/c1-5-14-9-8-10-15(6-2)19(14)24-16(26)11-25-12-23-20-18(21(25)27)17(13(4)30-20)22(28)29-7-3/h8-10,12H,5-7,11H2,1-4H3,(H,24,26). The van der Waals surface area contributed by atoms with Gasteiger partial charge in [0, 0.05) is 5.69 Å². The van der Waals surface area contributed by atoms with E-state index in [1.54, 1.807) is 13.8 Å². The van der Waals surface area contributed by atoms with Crippen molar-refractivity contribution in [1.82, 2.24) is 9.55 Å². The van der Waals surface area contributed by atoms with Crippen LogP contribution in [-0.2, 0) is 28.9 Å². The fraction of sp³-hybridized carbons (Fsp3) is 0.364. The summed E-state index contributed by atoms with van der Waals surface area (Å²) < 4.78 is 11.6. The van der Waals surface area contributed by atoms with Crippen LogP contribution in [0.2, 0.25) is 0 Å². The molecule has 8 heteroatoms. The number of para-hydroxylation sites is 1. The summed E-state index contributed by atoms with van der Waals surface area (Å²) in [6, 6.07) is 5.90. The number of nitrogens with one attached hydrogen (secondary N) is 1. The number of carbonyl (C=O) groups is 2.